The first-order chi connectivity index (χ1) is 9.72. The number of unbranched alkanes of at least 4 members (excludes halogenated alkanes) is 1. The normalized spacial score (nSPS) is 14.8. The molecule has 1 amide bonds. The fourth-order valence-electron chi connectivity index (χ4n) is 1.94. The van der Waals surface area contributed by atoms with Crippen LogP contribution in [-0.2, 0) is 4.79 Å². The van der Waals surface area contributed by atoms with E-state index in [0.29, 0.717) is 18.4 Å². The fourth-order valence-corrected chi connectivity index (χ4v) is 1.94. The van der Waals surface area contributed by atoms with E-state index in [0.717, 1.165) is 32.2 Å². The highest BCUT2D eigenvalue weighted by Crippen LogP contribution is 2.39. The first kappa shape index (κ1) is 14.9. The molecule has 0 atom stereocenters. The van der Waals surface area contributed by atoms with Gasteiger partial charge in [0.25, 0.3) is 0 Å². The van der Waals surface area contributed by atoms with Crippen molar-refractivity contribution in [3.05, 3.63) is 5.89 Å². The maximum absolute atomic E-state index is 11.9. The number of nitrogens with one attached hydrogen (secondary N) is 1. The third-order valence-corrected chi connectivity index (χ3v) is 3.22. The lowest BCUT2D eigenvalue weighted by molar-refractivity contribution is -0.117. The van der Waals surface area contributed by atoms with Crippen LogP contribution in [0.5, 0.6) is 0 Å². The molecule has 20 heavy (non-hydrogen) atoms. The molecule has 0 aliphatic heterocycles. The van der Waals surface area contributed by atoms with Crippen molar-refractivity contribution in [3.8, 4) is 0 Å². The van der Waals surface area contributed by atoms with Crippen molar-refractivity contribution in [2.24, 2.45) is 0 Å². The average molecular weight is 282 g/mol. The minimum absolute atomic E-state index is 0.0450. The molecular weight excluding hydrogens is 260 g/mol. The molecule has 2 rings (SSSR count). The summed E-state index contributed by atoms with van der Waals surface area (Å²) in [5.41, 5.74) is 0. The summed E-state index contributed by atoms with van der Waals surface area (Å²) in [6.45, 7) is 3.65. The summed E-state index contributed by atoms with van der Waals surface area (Å²) < 4.78 is 5.38. The molecule has 1 aliphatic rings. The van der Waals surface area contributed by atoms with E-state index in [2.05, 4.69) is 22.4 Å². The van der Waals surface area contributed by atoms with Crippen LogP contribution in [-0.4, -0.2) is 52.4 Å². The van der Waals surface area contributed by atoms with E-state index >= 15 is 0 Å². The third-order valence-electron chi connectivity index (χ3n) is 3.22. The quantitative estimate of drug-likeness (QED) is 0.701. The molecule has 1 aromatic rings. The zero-order chi connectivity index (χ0) is 14.4. The van der Waals surface area contributed by atoms with Crippen LogP contribution >= 0.6 is 0 Å². The van der Waals surface area contributed by atoms with Crippen LogP contribution in [0.3, 0.4) is 0 Å². The van der Waals surface area contributed by atoms with Crippen LogP contribution in [0.1, 0.15) is 44.4 Å². The summed E-state index contributed by atoms with van der Waals surface area (Å²) in [7, 11) is 0. The summed E-state index contributed by atoms with van der Waals surface area (Å²) in [6.07, 6.45) is 4.21. The van der Waals surface area contributed by atoms with Gasteiger partial charge in [-0.05, 0) is 25.8 Å². The molecule has 1 aliphatic carbocycles. The lowest BCUT2D eigenvalue weighted by atomic mass is 10.3. The lowest BCUT2D eigenvalue weighted by Crippen LogP contribution is -2.36. The van der Waals surface area contributed by atoms with Crippen molar-refractivity contribution in [3.63, 3.8) is 0 Å². The van der Waals surface area contributed by atoms with Crippen LogP contribution < -0.4 is 5.32 Å². The van der Waals surface area contributed by atoms with Gasteiger partial charge in [0.05, 0.1) is 13.2 Å². The Kier molecular flexibility index (Phi) is 5.49. The zero-order valence-electron chi connectivity index (χ0n) is 11.8. The Bertz CT molecular complexity index is 431. The summed E-state index contributed by atoms with van der Waals surface area (Å²) in [5.74, 6) is 0.794. The van der Waals surface area contributed by atoms with Gasteiger partial charge in [-0.2, -0.15) is 0 Å². The van der Waals surface area contributed by atoms with Gasteiger partial charge in [0, 0.05) is 12.5 Å². The van der Waals surface area contributed by atoms with Crippen molar-refractivity contribution in [2.75, 3.05) is 31.6 Å². The number of amides is 1. The van der Waals surface area contributed by atoms with E-state index in [1.54, 1.807) is 0 Å². The van der Waals surface area contributed by atoms with Crippen molar-refractivity contribution < 1.29 is 14.3 Å². The predicted octanol–water partition coefficient (Wildman–Crippen LogP) is 0.980. The monoisotopic (exact) mass is 282 g/mol. The molecule has 0 bridgehead atoms. The summed E-state index contributed by atoms with van der Waals surface area (Å²) in [6, 6.07) is 0.163. The lowest BCUT2D eigenvalue weighted by Gasteiger charge is -2.19. The van der Waals surface area contributed by atoms with Gasteiger partial charge in [-0.25, -0.2) is 0 Å². The van der Waals surface area contributed by atoms with Gasteiger partial charge in [0.15, 0.2) is 0 Å². The van der Waals surface area contributed by atoms with E-state index in [4.69, 9.17) is 9.52 Å². The van der Waals surface area contributed by atoms with Crippen molar-refractivity contribution in [1.82, 2.24) is 15.1 Å². The zero-order valence-corrected chi connectivity index (χ0v) is 11.8. The van der Waals surface area contributed by atoms with Gasteiger partial charge in [0.1, 0.15) is 0 Å². The SMILES string of the molecule is CCCCN(CCO)CC(=O)Nc1nnc(C2CC2)o1. The molecule has 1 heterocycles. The van der Waals surface area contributed by atoms with E-state index < -0.39 is 0 Å². The highest BCUT2D eigenvalue weighted by atomic mass is 16.4. The molecule has 0 radical (unpaired) electrons. The van der Waals surface area contributed by atoms with Crippen molar-refractivity contribution >= 4 is 11.9 Å². The molecule has 7 nitrogen and oxygen atoms in total. The maximum Gasteiger partial charge on any atom is 0.322 e. The summed E-state index contributed by atoms with van der Waals surface area (Å²) in [4.78, 5) is 13.8. The van der Waals surface area contributed by atoms with Gasteiger partial charge < -0.3 is 9.52 Å². The Labute approximate surface area is 118 Å². The molecule has 0 spiro atoms. The van der Waals surface area contributed by atoms with Gasteiger partial charge in [-0.3, -0.25) is 15.0 Å². The molecule has 112 valence electrons. The van der Waals surface area contributed by atoms with E-state index in [-0.39, 0.29) is 25.1 Å². The number of aliphatic hydroxyl groups is 1. The highest BCUT2D eigenvalue weighted by molar-refractivity contribution is 5.90. The van der Waals surface area contributed by atoms with Gasteiger partial charge >= 0.3 is 6.01 Å². The summed E-state index contributed by atoms with van der Waals surface area (Å²) >= 11 is 0. The predicted molar refractivity (Wildman–Crippen MR) is 73.3 cm³/mol. The number of carbonyl (C=O) groups excluding carboxylic acids is 1. The standard InChI is InChI=1S/C13H22N4O3/c1-2-3-6-17(7-8-18)9-11(19)14-13-16-15-12(20-13)10-4-5-10/h10,18H,2-9H2,1H3,(H,14,16,19). The number of carbonyl (C=O) groups is 1. The Morgan fingerprint density at radius 2 is 2.25 bits per heavy atom. The Morgan fingerprint density at radius 1 is 1.45 bits per heavy atom. The molecule has 1 aromatic heterocycles. The number of hydrogen-bond donors (Lipinski definition) is 2. The molecule has 0 unspecified atom stereocenters. The first-order valence-corrected chi connectivity index (χ1v) is 7.19. The molecule has 1 fully saturated rings. The number of anilines is 1. The average Bonchev–Trinajstić information content (AvgIpc) is 3.17. The minimum Gasteiger partial charge on any atom is -0.408 e. The third kappa shape index (κ3) is 4.57. The van der Waals surface area contributed by atoms with Crippen LogP contribution in [0.25, 0.3) is 0 Å². The Hall–Kier alpha value is -1.47. The van der Waals surface area contributed by atoms with E-state index in [9.17, 15) is 4.79 Å². The molecule has 0 saturated heterocycles. The molecule has 2 N–H and O–H groups in total. The number of nitrogens with zero attached hydrogens (tertiary/aromatic N) is 3. The van der Waals surface area contributed by atoms with E-state index in [1.165, 1.54) is 0 Å². The molecule has 7 heteroatoms. The highest BCUT2D eigenvalue weighted by Gasteiger charge is 2.29. The topological polar surface area (TPSA) is 91.5 Å². The second kappa shape index (κ2) is 7.35. The molecule has 1 saturated carbocycles. The minimum atomic E-state index is -0.194. The smallest absolute Gasteiger partial charge is 0.322 e. The Morgan fingerprint density at radius 3 is 2.90 bits per heavy atom. The van der Waals surface area contributed by atoms with Crippen LogP contribution in [0.4, 0.5) is 6.01 Å². The number of hydrogen-bond acceptors (Lipinski definition) is 6. The number of aromatic nitrogens is 2. The molecular formula is C13H22N4O3. The van der Waals surface area contributed by atoms with E-state index in [1.807, 2.05) is 4.90 Å². The number of rotatable bonds is 9. The second-order valence-electron chi connectivity index (χ2n) is 5.12. The summed E-state index contributed by atoms with van der Waals surface area (Å²) in [5, 5.41) is 19.3. The van der Waals surface area contributed by atoms with Crippen molar-refractivity contribution in [1.29, 1.82) is 0 Å². The second-order valence-corrected chi connectivity index (χ2v) is 5.12. The Balaban J connectivity index is 1.79. The van der Waals surface area contributed by atoms with Gasteiger partial charge in [0.2, 0.25) is 11.8 Å². The van der Waals surface area contributed by atoms with Crippen LogP contribution in [0, 0.1) is 0 Å². The molecule has 0 aromatic carbocycles. The van der Waals surface area contributed by atoms with Crippen molar-refractivity contribution in [2.45, 2.75) is 38.5 Å². The first-order valence-electron chi connectivity index (χ1n) is 7.19. The largest absolute Gasteiger partial charge is 0.408 e. The number of aliphatic hydroxyl groups excluding tert-OH is 1. The van der Waals surface area contributed by atoms with Gasteiger partial charge in [-0.1, -0.05) is 18.4 Å². The van der Waals surface area contributed by atoms with Gasteiger partial charge in [-0.15, -0.1) is 5.10 Å². The fraction of sp³-hybridized carbons (Fsp3) is 0.769. The van der Waals surface area contributed by atoms with Crippen LogP contribution in [0.15, 0.2) is 4.42 Å². The maximum atomic E-state index is 11.9. The van der Waals surface area contributed by atoms with Crippen LogP contribution in [0.2, 0.25) is 0 Å².